The number of aryl methyl sites for hydroxylation is 1. The minimum atomic E-state index is -1.01. The van der Waals surface area contributed by atoms with Crippen LogP contribution in [0.15, 0.2) is 18.2 Å². The fourth-order valence-corrected chi connectivity index (χ4v) is 2.16. The zero-order valence-corrected chi connectivity index (χ0v) is 9.86. The molecule has 0 amide bonds. The van der Waals surface area contributed by atoms with Gasteiger partial charge in [-0.2, -0.15) is 5.10 Å². The topological polar surface area (TPSA) is 75.2 Å². The molecule has 0 saturated carbocycles. The highest BCUT2D eigenvalue weighted by Crippen LogP contribution is 2.37. The third-order valence-corrected chi connectivity index (χ3v) is 3.16. The lowest BCUT2D eigenvalue weighted by Gasteiger charge is -2.17. The number of carbonyl (C=O) groups is 1. The Kier molecular flexibility index (Phi) is 2.33. The van der Waals surface area contributed by atoms with Crippen LogP contribution in [-0.4, -0.2) is 21.3 Å². The molecule has 0 bridgehead atoms. The molecule has 2 aromatic rings. The van der Waals surface area contributed by atoms with Crippen LogP contribution < -0.4 is 4.74 Å². The lowest BCUT2D eigenvalue weighted by molar-refractivity contribution is 0.0687. The highest BCUT2D eigenvalue weighted by molar-refractivity contribution is 5.90. The number of aromatic nitrogens is 2. The number of aromatic amines is 1. The SMILES string of the molecule is CCc1ccc2c(c1)-c1n[nH]c(C(=O)O)c1CO2. The Morgan fingerprint density at radius 1 is 1.56 bits per heavy atom. The predicted molar refractivity (Wildman–Crippen MR) is 64.7 cm³/mol. The first-order valence-electron chi connectivity index (χ1n) is 5.77. The van der Waals surface area contributed by atoms with E-state index in [-0.39, 0.29) is 12.3 Å². The highest BCUT2D eigenvalue weighted by atomic mass is 16.5. The molecule has 1 aliphatic rings. The van der Waals surface area contributed by atoms with Gasteiger partial charge in [0.1, 0.15) is 18.1 Å². The molecule has 1 aromatic carbocycles. The van der Waals surface area contributed by atoms with Crippen LogP contribution >= 0.6 is 0 Å². The van der Waals surface area contributed by atoms with Gasteiger partial charge in [0.25, 0.3) is 0 Å². The van der Waals surface area contributed by atoms with Crippen molar-refractivity contribution in [1.82, 2.24) is 10.2 Å². The van der Waals surface area contributed by atoms with Gasteiger partial charge >= 0.3 is 5.97 Å². The zero-order valence-electron chi connectivity index (χ0n) is 9.86. The van der Waals surface area contributed by atoms with Crippen molar-refractivity contribution < 1.29 is 14.6 Å². The first-order valence-corrected chi connectivity index (χ1v) is 5.77. The minimum absolute atomic E-state index is 0.109. The average Bonchev–Trinajstić information content (AvgIpc) is 2.82. The third kappa shape index (κ3) is 1.48. The van der Waals surface area contributed by atoms with E-state index in [1.54, 1.807) is 0 Å². The van der Waals surface area contributed by atoms with Crippen molar-refractivity contribution in [2.24, 2.45) is 0 Å². The summed E-state index contributed by atoms with van der Waals surface area (Å²) in [7, 11) is 0. The molecular weight excluding hydrogens is 232 g/mol. The van der Waals surface area contributed by atoms with E-state index >= 15 is 0 Å². The van der Waals surface area contributed by atoms with E-state index in [1.165, 1.54) is 5.56 Å². The van der Waals surface area contributed by atoms with E-state index in [0.29, 0.717) is 11.3 Å². The van der Waals surface area contributed by atoms with Crippen molar-refractivity contribution in [3.63, 3.8) is 0 Å². The van der Waals surface area contributed by atoms with Crippen molar-refractivity contribution in [2.75, 3.05) is 0 Å². The first kappa shape index (κ1) is 10.8. The van der Waals surface area contributed by atoms with Crippen LogP contribution in [0.4, 0.5) is 0 Å². The van der Waals surface area contributed by atoms with Crippen LogP contribution in [0.5, 0.6) is 5.75 Å². The van der Waals surface area contributed by atoms with Crippen molar-refractivity contribution in [3.8, 4) is 17.0 Å². The van der Waals surface area contributed by atoms with Crippen LogP contribution in [0.3, 0.4) is 0 Å². The van der Waals surface area contributed by atoms with Gasteiger partial charge in [-0.05, 0) is 24.1 Å². The molecule has 0 saturated heterocycles. The number of aromatic carboxylic acids is 1. The molecule has 0 unspecified atom stereocenters. The maximum Gasteiger partial charge on any atom is 0.354 e. The number of nitrogens with zero attached hydrogens (tertiary/aromatic N) is 1. The van der Waals surface area contributed by atoms with Gasteiger partial charge in [-0.15, -0.1) is 0 Å². The smallest absolute Gasteiger partial charge is 0.354 e. The number of nitrogens with one attached hydrogen (secondary N) is 1. The number of rotatable bonds is 2. The molecular formula is C13H12N2O3. The molecule has 0 atom stereocenters. The average molecular weight is 244 g/mol. The molecule has 0 fully saturated rings. The molecule has 5 nitrogen and oxygen atoms in total. The normalized spacial score (nSPS) is 12.5. The number of hydrogen-bond acceptors (Lipinski definition) is 3. The van der Waals surface area contributed by atoms with E-state index in [0.717, 1.165) is 17.7 Å². The number of ether oxygens (including phenoxy) is 1. The van der Waals surface area contributed by atoms with Gasteiger partial charge in [-0.1, -0.05) is 13.0 Å². The van der Waals surface area contributed by atoms with Crippen molar-refractivity contribution >= 4 is 5.97 Å². The Bertz CT molecular complexity index is 631. The van der Waals surface area contributed by atoms with E-state index in [1.807, 2.05) is 18.2 Å². The second-order valence-corrected chi connectivity index (χ2v) is 4.20. The molecule has 3 rings (SSSR count). The molecule has 0 aliphatic carbocycles. The molecule has 2 heterocycles. The van der Waals surface area contributed by atoms with Crippen LogP contribution in [0, 0.1) is 0 Å². The minimum Gasteiger partial charge on any atom is -0.488 e. The summed E-state index contributed by atoms with van der Waals surface area (Å²) >= 11 is 0. The van der Waals surface area contributed by atoms with Crippen LogP contribution in [-0.2, 0) is 13.0 Å². The van der Waals surface area contributed by atoms with Gasteiger partial charge < -0.3 is 9.84 Å². The lowest BCUT2D eigenvalue weighted by Crippen LogP contribution is -2.09. The number of fused-ring (bicyclic) bond motifs is 3. The first-order chi connectivity index (χ1) is 8.70. The molecule has 0 radical (unpaired) electrons. The van der Waals surface area contributed by atoms with Gasteiger partial charge in [0.05, 0.1) is 5.56 Å². The predicted octanol–water partition coefficient (Wildman–Crippen LogP) is 2.23. The number of carboxylic acids is 1. The molecule has 1 aromatic heterocycles. The summed E-state index contributed by atoms with van der Waals surface area (Å²) in [5.74, 6) is -0.259. The summed E-state index contributed by atoms with van der Waals surface area (Å²) in [6, 6.07) is 5.92. The fourth-order valence-electron chi connectivity index (χ4n) is 2.16. The maximum absolute atomic E-state index is 11.0. The second kappa shape index (κ2) is 3.87. The van der Waals surface area contributed by atoms with Gasteiger partial charge in [-0.25, -0.2) is 4.79 Å². The monoisotopic (exact) mass is 244 g/mol. The summed E-state index contributed by atoms with van der Waals surface area (Å²) in [4.78, 5) is 11.0. The lowest BCUT2D eigenvalue weighted by atomic mass is 10.00. The van der Waals surface area contributed by atoms with Crippen LogP contribution in [0.1, 0.15) is 28.5 Å². The number of hydrogen-bond donors (Lipinski definition) is 2. The Morgan fingerprint density at radius 3 is 3.11 bits per heavy atom. The Hall–Kier alpha value is -2.30. The molecule has 18 heavy (non-hydrogen) atoms. The van der Waals surface area contributed by atoms with E-state index in [2.05, 4.69) is 17.1 Å². The van der Waals surface area contributed by atoms with Crippen molar-refractivity contribution in [1.29, 1.82) is 0 Å². The number of H-pyrrole nitrogens is 1. The van der Waals surface area contributed by atoms with Gasteiger partial charge in [0.2, 0.25) is 0 Å². The van der Waals surface area contributed by atoms with Crippen LogP contribution in [0.25, 0.3) is 11.3 Å². The summed E-state index contributed by atoms with van der Waals surface area (Å²) in [6.45, 7) is 2.31. The molecule has 2 N–H and O–H groups in total. The number of carboxylic acid groups (broad SMARTS) is 1. The molecule has 92 valence electrons. The summed E-state index contributed by atoms with van der Waals surface area (Å²) in [5, 5.41) is 15.7. The van der Waals surface area contributed by atoms with Gasteiger partial charge in [0.15, 0.2) is 5.69 Å². The van der Waals surface area contributed by atoms with E-state index in [9.17, 15) is 4.79 Å². The fraction of sp³-hybridized carbons (Fsp3) is 0.231. The maximum atomic E-state index is 11.0. The van der Waals surface area contributed by atoms with Crippen molar-refractivity contribution in [2.45, 2.75) is 20.0 Å². The standard InChI is InChI=1S/C13H12N2O3/c1-2-7-3-4-10-8(5-7)11-9(6-18-10)12(13(16)17)15-14-11/h3-5H,2,6H2,1H3,(H,14,15)(H,16,17). The summed E-state index contributed by atoms with van der Waals surface area (Å²) < 4.78 is 5.58. The number of benzene rings is 1. The Balaban J connectivity index is 2.19. The zero-order chi connectivity index (χ0) is 12.7. The van der Waals surface area contributed by atoms with Gasteiger partial charge in [0, 0.05) is 5.56 Å². The molecule has 5 heteroatoms. The quantitative estimate of drug-likeness (QED) is 0.849. The largest absolute Gasteiger partial charge is 0.488 e. The van der Waals surface area contributed by atoms with Gasteiger partial charge in [-0.3, -0.25) is 5.10 Å². The highest BCUT2D eigenvalue weighted by Gasteiger charge is 2.26. The third-order valence-electron chi connectivity index (χ3n) is 3.16. The Morgan fingerprint density at radius 2 is 2.39 bits per heavy atom. The molecule has 0 spiro atoms. The van der Waals surface area contributed by atoms with E-state index in [4.69, 9.17) is 9.84 Å². The summed E-state index contributed by atoms with van der Waals surface area (Å²) in [6.07, 6.45) is 0.915. The molecule has 1 aliphatic heterocycles. The Labute approximate surface area is 103 Å². The summed E-state index contributed by atoms with van der Waals surface area (Å²) in [5.41, 5.74) is 3.44. The van der Waals surface area contributed by atoms with Crippen molar-refractivity contribution in [3.05, 3.63) is 35.0 Å². The van der Waals surface area contributed by atoms with Crippen LogP contribution in [0.2, 0.25) is 0 Å². The van der Waals surface area contributed by atoms with E-state index < -0.39 is 5.97 Å². The second-order valence-electron chi connectivity index (χ2n) is 4.20.